The number of hydrogen-bond acceptors (Lipinski definition) is 3. The van der Waals surface area contributed by atoms with E-state index in [0.29, 0.717) is 12.3 Å². The van der Waals surface area contributed by atoms with Crippen LogP contribution >= 0.6 is 15.9 Å². The summed E-state index contributed by atoms with van der Waals surface area (Å²) in [6.07, 6.45) is 5.16. The van der Waals surface area contributed by atoms with E-state index >= 15 is 0 Å². The Balaban J connectivity index is 1.60. The number of nitrogens with zero attached hydrogens (tertiary/aromatic N) is 1. The molecule has 0 spiro atoms. The number of carbonyl (C=O) groups excluding carboxylic acids is 1. The van der Waals surface area contributed by atoms with E-state index in [1.165, 1.54) is 11.1 Å². The number of benzene rings is 1. The molecule has 1 fully saturated rings. The number of halogens is 1. The van der Waals surface area contributed by atoms with E-state index in [-0.39, 0.29) is 5.91 Å². The van der Waals surface area contributed by atoms with Crippen LogP contribution in [0.3, 0.4) is 0 Å². The Labute approximate surface area is 138 Å². The first-order valence-electron chi connectivity index (χ1n) is 7.41. The number of anilines is 1. The molecule has 0 aliphatic carbocycles. The standard InChI is InChI=1S/C17H18BrN3O/c18-16-11-19-8-7-14(16)10-20-15-4-1-12(2-5-15)13-3-6-17(22)21-9-13/h1-2,4-5,7-8,11,13,20H,3,6,9-10H2,(H,21,22). The van der Waals surface area contributed by atoms with Gasteiger partial charge in [-0.3, -0.25) is 9.78 Å². The molecule has 4 nitrogen and oxygen atoms in total. The van der Waals surface area contributed by atoms with Gasteiger partial charge in [0.15, 0.2) is 0 Å². The maximum atomic E-state index is 11.2. The van der Waals surface area contributed by atoms with Gasteiger partial charge in [0.1, 0.15) is 0 Å². The number of carbonyl (C=O) groups is 1. The van der Waals surface area contributed by atoms with Crippen molar-refractivity contribution in [3.05, 3.63) is 58.3 Å². The molecule has 1 amide bonds. The molecule has 0 saturated carbocycles. The molecule has 2 aromatic rings. The zero-order valence-electron chi connectivity index (χ0n) is 12.2. The molecule has 1 aromatic carbocycles. The van der Waals surface area contributed by atoms with Crippen LogP contribution < -0.4 is 10.6 Å². The van der Waals surface area contributed by atoms with E-state index in [0.717, 1.165) is 29.7 Å². The average Bonchev–Trinajstić information content (AvgIpc) is 2.55. The summed E-state index contributed by atoms with van der Waals surface area (Å²) < 4.78 is 1.01. The average molecular weight is 360 g/mol. The van der Waals surface area contributed by atoms with Crippen molar-refractivity contribution in [2.24, 2.45) is 0 Å². The molecular weight excluding hydrogens is 342 g/mol. The smallest absolute Gasteiger partial charge is 0.220 e. The van der Waals surface area contributed by atoms with Crippen LogP contribution in [0.1, 0.15) is 29.9 Å². The van der Waals surface area contributed by atoms with Crippen molar-refractivity contribution < 1.29 is 4.79 Å². The Kier molecular flexibility index (Phi) is 4.73. The second kappa shape index (κ2) is 6.92. The van der Waals surface area contributed by atoms with Gasteiger partial charge in [0, 0.05) is 48.0 Å². The van der Waals surface area contributed by atoms with E-state index in [2.05, 4.69) is 55.8 Å². The van der Waals surface area contributed by atoms with Crippen LogP contribution in [0.15, 0.2) is 47.2 Å². The summed E-state index contributed by atoms with van der Waals surface area (Å²) in [6, 6.07) is 10.5. The van der Waals surface area contributed by atoms with Gasteiger partial charge in [0.25, 0.3) is 0 Å². The number of aromatic nitrogens is 1. The van der Waals surface area contributed by atoms with Crippen LogP contribution in [0.25, 0.3) is 0 Å². The van der Waals surface area contributed by atoms with E-state index in [9.17, 15) is 4.79 Å². The highest BCUT2D eigenvalue weighted by molar-refractivity contribution is 9.10. The van der Waals surface area contributed by atoms with Crippen LogP contribution in [0, 0.1) is 0 Å². The summed E-state index contributed by atoms with van der Waals surface area (Å²) in [5.74, 6) is 0.596. The molecule has 2 heterocycles. The minimum Gasteiger partial charge on any atom is -0.381 e. The lowest BCUT2D eigenvalue weighted by atomic mass is 9.91. The van der Waals surface area contributed by atoms with Gasteiger partial charge in [-0.25, -0.2) is 0 Å². The Morgan fingerprint density at radius 1 is 1.27 bits per heavy atom. The summed E-state index contributed by atoms with van der Waals surface area (Å²) >= 11 is 3.50. The monoisotopic (exact) mass is 359 g/mol. The number of piperidine rings is 1. The molecule has 5 heteroatoms. The fourth-order valence-electron chi connectivity index (χ4n) is 2.64. The van der Waals surface area contributed by atoms with E-state index in [1.54, 1.807) is 12.4 Å². The highest BCUT2D eigenvalue weighted by Gasteiger charge is 2.19. The van der Waals surface area contributed by atoms with Crippen molar-refractivity contribution >= 4 is 27.5 Å². The van der Waals surface area contributed by atoms with Crippen molar-refractivity contribution in [3.8, 4) is 0 Å². The molecule has 3 rings (SSSR count). The molecule has 1 aromatic heterocycles. The van der Waals surface area contributed by atoms with Crippen LogP contribution in [0.2, 0.25) is 0 Å². The topological polar surface area (TPSA) is 54.0 Å². The molecule has 1 atom stereocenters. The van der Waals surface area contributed by atoms with Crippen molar-refractivity contribution in [1.29, 1.82) is 0 Å². The Morgan fingerprint density at radius 3 is 2.77 bits per heavy atom. The third kappa shape index (κ3) is 3.65. The summed E-state index contributed by atoms with van der Waals surface area (Å²) in [6.45, 7) is 1.50. The molecular formula is C17H18BrN3O. The van der Waals surface area contributed by atoms with Crippen LogP contribution in [-0.4, -0.2) is 17.4 Å². The van der Waals surface area contributed by atoms with E-state index in [4.69, 9.17) is 0 Å². The highest BCUT2D eigenvalue weighted by Crippen LogP contribution is 2.25. The first-order valence-corrected chi connectivity index (χ1v) is 8.20. The van der Waals surface area contributed by atoms with E-state index in [1.807, 2.05) is 6.07 Å². The van der Waals surface area contributed by atoms with Crippen molar-refractivity contribution in [2.45, 2.75) is 25.3 Å². The first-order chi connectivity index (χ1) is 10.7. The first kappa shape index (κ1) is 15.0. The number of nitrogens with one attached hydrogen (secondary N) is 2. The number of rotatable bonds is 4. The molecule has 114 valence electrons. The SMILES string of the molecule is O=C1CCC(c2ccc(NCc3ccncc3Br)cc2)CN1. The maximum absolute atomic E-state index is 11.2. The summed E-state index contributed by atoms with van der Waals surface area (Å²) in [7, 11) is 0. The van der Waals surface area contributed by atoms with Gasteiger partial charge < -0.3 is 10.6 Å². The largest absolute Gasteiger partial charge is 0.381 e. The Morgan fingerprint density at radius 2 is 2.09 bits per heavy atom. The van der Waals surface area contributed by atoms with Crippen LogP contribution in [0.4, 0.5) is 5.69 Å². The zero-order valence-corrected chi connectivity index (χ0v) is 13.8. The minimum atomic E-state index is 0.164. The zero-order chi connectivity index (χ0) is 15.4. The van der Waals surface area contributed by atoms with Gasteiger partial charge in [-0.2, -0.15) is 0 Å². The maximum Gasteiger partial charge on any atom is 0.220 e. The van der Waals surface area contributed by atoms with Crippen molar-refractivity contribution in [2.75, 3.05) is 11.9 Å². The minimum absolute atomic E-state index is 0.164. The van der Waals surface area contributed by atoms with Crippen LogP contribution in [0.5, 0.6) is 0 Å². The highest BCUT2D eigenvalue weighted by atomic mass is 79.9. The summed E-state index contributed by atoms with van der Waals surface area (Å²) in [5, 5.41) is 6.34. The third-order valence-electron chi connectivity index (χ3n) is 3.99. The molecule has 2 N–H and O–H groups in total. The van der Waals surface area contributed by atoms with Gasteiger partial charge >= 0.3 is 0 Å². The molecule has 1 saturated heterocycles. The predicted molar refractivity (Wildman–Crippen MR) is 90.7 cm³/mol. The fourth-order valence-corrected chi connectivity index (χ4v) is 3.03. The Bertz CT molecular complexity index is 647. The second-order valence-electron chi connectivity index (χ2n) is 5.48. The van der Waals surface area contributed by atoms with Gasteiger partial charge in [0.2, 0.25) is 5.91 Å². The van der Waals surface area contributed by atoms with Gasteiger partial charge in [-0.1, -0.05) is 12.1 Å². The molecule has 0 radical (unpaired) electrons. The molecule has 22 heavy (non-hydrogen) atoms. The predicted octanol–water partition coefficient (Wildman–Crippen LogP) is 3.45. The normalized spacial score (nSPS) is 17.9. The molecule has 1 unspecified atom stereocenters. The third-order valence-corrected chi connectivity index (χ3v) is 4.70. The lowest BCUT2D eigenvalue weighted by Crippen LogP contribution is -2.33. The molecule has 0 bridgehead atoms. The fraction of sp³-hybridized carbons (Fsp3) is 0.294. The lowest BCUT2D eigenvalue weighted by Gasteiger charge is -2.23. The van der Waals surface area contributed by atoms with Gasteiger partial charge in [-0.05, 0) is 51.7 Å². The number of amides is 1. The van der Waals surface area contributed by atoms with E-state index < -0.39 is 0 Å². The van der Waals surface area contributed by atoms with Crippen molar-refractivity contribution in [3.63, 3.8) is 0 Å². The summed E-state index contributed by atoms with van der Waals surface area (Å²) in [4.78, 5) is 15.3. The molecule has 1 aliphatic rings. The van der Waals surface area contributed by atoms with Gasteiger partial charge in [0.05, 0.1) is 0 Å². The Hall–Kier alpha value is -1.88. The summed E-state index contributed by atoms with van der Waals surface area (Å²) in [5.41, 5.74) is 3.55. The molecule has 1 aliphatic heterocycles. The number of hydrogen-bond donors (Lipinski definition) is 2. The lowest BCUT2D eigenvalue weighted by molar-refractivity contribution is -0.122. The second-order valence-corrected chi connectivity index (χ2v) is 6.34. The van der Waals surface area contributed by atoms with Gasteiger partial charge in [-0.15, -0.1) is 0 Å². The van der Waals surface area contributed by atoms with Crippen LogP contribution in [-0.2, 0) is 11.3 Å². The number of pyridine rings is 1. The quantitative estimate of drug-likeness (QED) is 0.878. The van der Waals surface area contributed by atoms with Crippen molar-refractivity contribution in [1.82, 2.24) is 10.3 Å².